The number of benzene rings is 1. The predicted octanol–water partition coefficient (Wildman–Crippen LogP) is 2.74. The Bertz CT molecular complexity index is 767. The number of pyridine rings is 1. The van der Waals surface area contributed by atoms with Gasteiger partial charge in [-0.2, -0.15) is 0 Å². The van der Waals surface area contributed by atoms with Gasteiger partial charge in [0, 0.05) is 49.2 Å². The van der Waals surface area contributed by atoms with Gasteiger partial charge in [-0.15, -0.1) is 0 Å². The van der Waals surface area contributed by atoms with E-state index < -0.39 is 5.97 Å². The minimum Gasteiger partial charge on any atom is -0.482 e. The van der Waals surface area contributed by atoms with Crippen molar-refractivity contribution in [1.29, 1.82) is 0 Å². The van der Waals surface area contributed by atoms with Crippen LogP contribution in [0.5, 0.6) is 5.75 Å². The summed E-state index contributed by atoms with van der Waals surface area (Å²) in [4.78, 5) is 19.9. The minimum atomic E-state index is -0.970. The standard InChI is InChI=1S/C21H27N3O3/c1-16-13-23(2)9-4-10-24(16)14-19-11-17(18-5-3-8-22-12-18)6-7-20(19)27-15-21(25)26/h3,5-8,11-12,16H,4,9-10,13-15H2,1-2H3,(H,25,26)/t16-/m1/s1. The predicted molar refractivity (Wildman–Crippen MR) is 105 cm³/mol. The Morgan fingerprint density at radius 1 is 1.30 bits per heavy atom. The first-order valence-electron chi connectivity index (χ1n) is 9.33. The van der Waals surface area contributed by atoms with Gasteiger partial charge < -0.3 is 14.7 Å². The lowest BCUT2D eigenvalue weighted by atomic mass is 10.0. The van der Waals surface area contributed by atoms with E-state index in [2.05, 4.69) is 34.8 Å². The average Bonchev–Trinajstić information content (AvgIpc) is 2.81. The van der Waals surface area contributed by atoms with Crippen LogP contribution >= 0.6 is 0 Å². The van der Waals surface area contributed by atoms with E-state index in [-0.39, 0.29) is 6.61 Å². The fourth-order valence-corrected chi connectivity index (χ4v) is 3.57. The van der Waals surface area contributed by atoms with Crippen LogP contribution in [0.2, 0.25) is 0 Å². The van der Waals surface area contributed by atoms with Crippen molar-refractivity contribution in [3.63, 3.8) is 0 Å². The molecule has 1 N–H and O–H groups in total. The second kappa shape index (κ2) is 8.97. The lowest BCUT2D eigenvalue weighted by Crippen LogP contribution is -2.37. The van der Waals surface area contributed by atoms with Gasteiger partial charge in [-0.3, -0.25) is 9.88 Å². The molecule has 0 radical (unpaired) electrons. The summed E-state index contributed by atoms with van der Waals surface area (Å²) in [6.45, 7) is 5.77. The summed E-state index contributed by atoms with van der Waals surface area (Å²) in [5.41, 5.74) is 3.10. The van der Waals surface area contributed by atoms with Gasteiger partial charge in [-0.25, -0.2) is 4.79 Å². The molecule has 0 amide bonds. The van der Waals surface area contributed by atoms with E-state index in [1.165, 1.54) is 0 Å². The third-order valence-electron chi connectivity index (χ3n) is 4.96. The lowest BCUT2D eigenvalue weighted by molar-refractivity contribution is -0.139. The number of aliphatic carboxylic acids is 1. The molecule has 0 bridgehead atoms. The van der Waals surface area contributed by atoms with Crippen molar-refractivity contribution in [2.45, 2.75) is 25.9 Å². The van der Waals surface area contributed by atoms with Crippen LogP contribution in [-0.2, 0) is 11.3 Å². The molecule has 0 saturated carbocycles. The number of aromatic nitrogens is 1. The van der Waals surface area contributed by atoms with E-state index in [0.29, 0.717) is 11.8 Å². The van der Waals surface area contributed by atoms with Crippen molar-refractivity contribution in [1.82, 2.24) is 14.8 Å². The van der Waals surface area contributed by atoms with Gasteiger partial charge in [0.05, 0.1) is 0 Å². The molecule has 2 aromatic rings. The smallest absolute Gasteiger partial charge is 0.341 e. The van der Waals surface area contributed by atoms with Crippen molar-refractivity contribution >= 4 is 5.97 Å². The van der Waals surface area contributed by atoms with E-state index >= 15 is 0 Å². The molecule has 2 heterocycles. The molecule has 1 aromatic heterocycles. The Hall–Kier alpha value is -2.44. The Balaban J connectivity index is 1.87. The maximum absolute atomic E-state index is 10.9. The summed E-state index contributed by atoms with van der Waals surface area (Å²) in [5, 5.41) is 8.98. The van der Waals surface area contributed by atoms with Crippen molar-refractivity contribution in [2.24, 2.45) is 0 Å². The summed E-state index contributed by atoms with van der Waals surface area (Å²) >= 11 is 0. The van der Waals surface area contributed by atoms with E-state index in [0.717, 1.165) is 49.3 Å². The first kappa shape index (κ1) is 19.3. The Labute approximate surface area is 160 Å². The second-order valence-electron chi connectivity index (χ2n) is 7.18. The molecule has 1 saturated heterocycles. The number of carboxylic acids is 1. The van der Waals surface area contributed by atoms with Gasteiger partial charge in [-0.05, 0) is 50.7 Å². The minimum absolute atomic E-state index is 0.336. The highest BCUT2D eigenvalue weighted by atomic mass is 16.5. The summed E-state index contributed by atoms with van der Waals surface area (Å²) in [5.74, 6) is -0.336. The summed E-state index contributed by atoms with van der Waals surface area (Å²) in [7, 11) is 2.16. The van der Waals surface area contributed by atoms with Crippen LogP contribution < -0.4 is 4.74 Å². The third-order valence-corrected chi connectivity index (χ3v) is 4.96. The van der Waals surface area contributed by atoms with E-state index in [1.807, 2.05) is 30.5 Å². The van der Waals surface area contributed by atoms with E-state index in [1.54, 1.807) is 6.20 Å². The zero-order chi connectivity index (χ0) is 19.2. The van der Waals surface area contributed by atoms with Crippen LogP contribution in [0.1, 0.15) is 18.9 Å². The number of hydrogen-bond acceptors (Lipinski definition) is 5. The van der Waals surface area contributed by atoms with Crippen molar-refractivity contribution < 1.29 is 14.6 Å². The normalized spacial score (nSPS) is 18.8. The Morgan fingerprint density at radius 2 is 2.15 bits per heavy atom. The van der Waals surface area contributed by atoms with E-state index in [9.17, 15) is 4.79 Å². The van der Waals surface area contributed by atoms with Gasteiger partial charge in [0.15, 0.2) is 6.61 Å². The van der Waals surface area contributed by atoms with Crippen LogP contribution in [-0.4, -0.2) is 65.2 Å². The zero-order valence-corrected chi connectivity index (χ0v) is 16.0. The zero-order valence-electron chi connectivity index (χ0n) is 16.0. The van der Waals surface area contributed by atoms with Crippen LogP contribution in [0.15, 0.2) is 42.7 Å². The maximum atomic E-state index is 10.9. The Morgan fingerprint density at radius 3 is 2.89 bits per heavy atom. The molecule has 144 valence electrons. The van der Waals surface area contributed by atoms with Gasteiger partial charge in [0.2, 0.25) is 0 Å². The van der Waals surface area contributed by atoms with Crippen LogP contribution in [0, 0.1) is 0 Å². The fourth-order valence-electron chi connectivity index (χ4n) is 3.57. The molecule has 1 aliphatic rings. The van der Waals surface area contributed by atoms with Gasteiger partial charge in [-0.1, -0.05) is 12.1 Å². The molecule has 1 aromatic carbocycles. The molecule has 6 nitrogen and oxygen atoms in total. The molecule has 3 rings (SSSR count). The molecule has 0 spiro atoms. The van der Waals surface area contributed by atoms with Crippen LogP contribution in [0.3, 0.4) is 0 Å². The molecule has 0 aliphatic carbocycles. The summed E-state index contributed by atoms with van der Waals surface area (Å²) in [6, 6.07) is 10.3. The highest BCUT2D eigenvalue weighted by Gasteiger charge is 2.21. The highest BCUT2D eigenvalue weighted by Crippen LogP contribution is 2.28. The van der Waals surface area contributed by atoms with Crippen molar-refractivity contribution in [3.05, 3.63) is 48.3 Å². The van der Waals surface area contributed by atoms with Gasteiger partial charge >= 0.3 is 5.97 Å². The van der Waals surface area contributed by atoms with E-state index in [4.69, 9.17) is 9.84 Å². The monoisotopic (exact) mass is 369 g/mol. The second-order valence-corrected chi connectivity index (χ2v) is 7.18. The number of carboxylic acid groups (broad SMARTS) is 1. The summed E-state index contributed by atoms with van der Waals surface area (Å²) in [6.07, 6.45) is 4.71. The fraction of sp³-hybridized carbons (Fsp3) is 0.429. The third kappa shape index (κ3) is 5.28. The highest BCUT2D eigenvalue weighted by molar-refractivity contribution is 5.69. The van der Waals surface area contributed by atoms with Crippen molar-refractivity contribution in [2.75, 3.05) is 33.3 Å². The molecule has 0 unspecified atom stereocenters. The largest absolute Gasteiger partial charge is 0.482 e. The first-order chi connectivity index (χ1) is 13.0. The average molecular weight is 369 g/mol. The molecule has 6 heteroatoms. The first-order valence-corrected chi connectivity index (χ1v) is 9.33. The number of likely N-dealkylation sites (N-methyl/N-ethyl adjacent to an activating group) is 1. The van der Waals surface area contributed by atoms with Gasteiger partial charge in [0.25, 0.3) is 0 Å². The molecule has 1 atom stereocenters. The molecule has 1 fully saturated rings. The number of rotatable bonds is 6. The van der Waals surface area contributed by atoms with Crippen molar-refractivity contribution in [3.8, 4) is 16.9 Å². The Kier molecular flexibility index (Phi) is 6.42. The molecular formula is C21H27N3O3. The number of carbonyl (C=O) groups is 1. The van der Waals surface area contributed by atoms with Crippen LogP contribution in [0.25, 0.3) is 11.1 Å². The van der Waals surface area contributed by atoms with Gasteiger partial charge in [0.1, 0.15) is 5.75 Å². The lowest BCUT2D eigenvalue weighted by Gasteiger charge is -2.28. The maximum Gasteiger partial charge on any atom is 0.341 e. The van der Waals surface area contributed by atoms with Crippen LogP contribution in [0.4, 0.5) is 0 Å². The number of hydrogen-bond donors (Lipinski definition) is 1. The molecule has 1 aliphatic heterocycles. The summed E-state index contributed by atoms with van der Waals surface area (Å²) < 4.78 is 5.57. The molecular weight excluding hydrogens is 342 g/mol. The SMILES string of the molecule is C[C@@H]1CN(C)CCCN1Cc1cc(-c2cccnc2)ccc1OCC(=O)O. The number of nitrogens with zero attached hydrogens (tertiary/aromatic N) is 3. The quantitative estimate of drug-likeness (QED) is 0.845. The number of ether oxygens (including phenoxy) is 1. The molecule has 27 heavy (non-hydrogen) atoms. The topological polar surface area (TPSA) is 65.9 Å².